The predicted octanol–water partition coefficient (Wildman–Crippen LogP) is 3.57. The largest absolute Gasteiger partial charge is 0.468 e. The van der Waals surface area contributed by atoms with Gasteiger partial charge in [-0.2, -0.15) is 0 Å². The Kier molecular flexibility index (Phi) is 5.46. The average Bonchev–Trinajstić information content (AvgIpc) is 3.06. The highest BCUT2D eigenvalue weighted by molar-refractivity contribution is 5.06. The zero-order chi connectivity index (χ0) is 13.7. The molecule has 2 rings (SSSR count). The molecule has 3 nitrogen and oxygen atoms in total. The van der Waals surface area contributed by atoms with Crippen LogP contribution in [0.25, 0.3) is 0 Å². The molecule has 0 amide bonds. The van der Waals surface area contributed by atoms with E-state index in [4.69, 9.17) is 10.2 Å². The number of hydrogen-bond acceptors (Lipinski definition) is 3. The van der Waals surface area contributed by atoms with E-state index in [0.29, 0.717) is 12.6 Å². The SMILES string of the molecule is CC(C)CCN(C1CCCC1)C(CN)c1ccco1. The molecule has 0 spiro atoms. The summed E-state index contributed by atoms with van der Waals surface area (Å²) in [7, 11) is 0. The van der Waals surface area contributed by atoms with Crippen molar-refractivity contribution in [2.75, 3.05) is 13.1 Å². The lowest BCUT2D eigenvalue weighted by Crippen LogP contribution is -2.41. The van der Waals surface area contributed by atoms with Gasteiger partial charge in [-0.3, -0.25) is 4.90 Å². The minimum atomic E-state index is 0.247. The van der Waals surface area contributed by atoms with Crippen molar-refractivity contribution < 1.29 is 4.42 Å². The Hall–Kier alpha value is -0.800. The second kappa shape index (κ2) is 7.11. The summed E-state index contributed by atoms with van der Waals surface area (Å²) in [5.74, 6) is 1.76. The van der Waals surface area contributed by atoms with Gasteiger partial charge in [0.2, 0.25) is 0 Å². The van der Waals surface area contributed by atoms with Crippen molar-refractivity contribution in [2.24, 2.45) is 11.7 Å². The van der Waals surface area contributed by atoms with Gasteiger partial charge in [-0.1, -0.05) is 26.7 Å². The molecule has 0 radical (unpaired) electrons. The monoisotopic (exact) mass is 264 g/mol. The van der Waals surface area contributed by atoms with Crippen LogP contribution < -0.4 is 5.73 Å². The van der Waals surface area contributed by atoms with Gasteiger partial charge in [-0.05, 0) is 43.9 Å². The maximum absolute atomic E-state index is 6.04. The van der Waals surface area contributed by atoms with Crippen LogP contribution >= 0.6 is 0 Å². The Morgan fingerprint density at radius 3 is 2.63 bits per heavy atom. The topological polar surface area (TPSA) is 42.4 Å². The molecule has 1 heterocycles. The fourth-order valence-electron chi connectivity index (χ4n) is 3.13. The molecule has 1 aliphatic rings. The highest BCUT2D eigenvalue weighted by atomic mass is 16.3. The molecule has 1 unspecified atom stereocenters. The van der Waals surface area contributed by atoms with Crippen molar-refractivity contribution in [3.8, 4) is 0 Å². The van der Waals surface area contributed by atoms with Crippen molar-refractivity contribution >= 4 is 0 Å². The summed E-state index contributed by atoms with van der Waals surface area (Å²) in [5, 5.41) is 0. The van der Waals surface area contributed by atoms with Crippen LogP contribution in [0.2, 0.25) is 0 Å². The van der Waals surface area contributed by atoms with Crippen LogP contribution in [0.15, 0.2) is 22.8 Å². The lowest BCUT2D eigenvalue weighted by atomic mass is 10.0. The van der Waals surface area contributed by atoms with E-state index in [0.717, 1.165) is 18.2 Å². The molecule has 3 heteroatoms. The molecule has 2 N–H and O–H groups in total. The molecule has 1 aromatic rings. The third-order valence-corrected chi connectivity index (χ3v) is 4.25. The van der Waals surface area contributed by atoms with Crippen LogP contribution in [0.4, 0.5) is 0 Å². The fourth-order valence-corrected chi connectivity index (χ4v) is 3.13. The quantitative estimate of drug-likeness (QED) is 0.818. The van der Waals surface area contributed by atoms with Crippen molar-refractivity contribution in [1.29, 1.82) is 0 Å². The van der Waals surface area contributed by atoms with E-state index in [1.165, 1.54) is 32.1 Å². The minimum absolute atomic E-state index is 0.247. The predicted molar refractivity (Wildman–Crippen MR) is 78.9 cm³/mol. The first kappa shape index (κ1) is 14.6. The molecular weight excluding hydrogens is 236 g/mol. The van der Waals surface area contributed by atoms with Crippen molar-refractivity contribution in [3.63, 3.8) is 0 Å². The smallest absolute Gasteiger partial charge is 0.122 e. The molecule has 0 bridgehead atoms. The Bertz CT molecular complexity index is 342. The highest BCUT2D eigenvalue weighted by Crippen LogP contribution is 2.31. The summed E-state index contributed by atoms with van der Waals surface area (Å²) in [5.41, 5.74) is 6.04. The first-order valence-corrected chi connectivity index (χ1v) is 7.71. The summed E-state index contributed by atoms with van der Waals surface area (Å²) in [6.07, 6.45) is 8.34. The number of nitrogens with two attached hydrogens (primary N) is 1. The van der Waals surface area contributed by atoms with Gasteiger partial charge in [0.1, 0.15) is 5.76 Å². The summed E-state index contributed by atoms with van der Waals surface area (Å²) in [6.45, 7) is 6.35. The Morgan fingerprint density at radius 1 is 1.37 bits per heavy atom. The molecule has 108 valence electrons. The summed E-state index contributed by atoms with van der Waals surface area (Å²) in [6, 6.07) is 4.97. The first-order valence-electron chi connectivity index (χ1n) is 7.71. The van der Waals surface area contributed by atoms with E-state index in [2.05, 4.69) is 24.8 Å². The number of nitrogens with zero attached hydrogens (tertiary/aromatic N) is 1. The molecule has 0 saturated heterocycles. The molecule has 1 atom stereocenters. The maximum atomic E-state index is 6.04. The number of furan rings is 1. The van der Waals surface area contributed by atoms with Gasteiger partial charge >= 0.3 is 0 Å². The average molecular weight is 264 g/mol. The summed E-state index contributed by atoms with van der Waals surface area (Å²) >= 11 is 0. The first-order chi connectivity index (χ1) is 9.22. The molecule has 1 saturated carbocycles. The van der Waals surface area contributed by atoms with Crippen molar-refractivity contribution in [3.05, 3.63) is 24.2 Å². The zero-order valence-corrected chi connectivity index (χ0v) is 12.3. The van der Waals surface area contributed by atoms with Gasteiger partial charge in [-0.25, -0.2) is 0 Å². The molecule has 1 aromatic heterocycles. The maximum Gasteiger partial charge on any atom is 0.122 e. The summed E-state index contributed by atoms with van der Waals surface area (Å²) < 4.78 is 5.61. The Labute approximate surface area is 117 Å². The minimum Gasteiger partial charge on any atom is -0.468 e. The number of rotatable bonds is 7. The van der Waals surface area contributed by atoms with Gasteiger partial charge in [0.25, 0.3) is 0 Å². The third kappa shape index (κ3) is 3.83. The normalized spacial score (nSPS) is 18.6. The van der Waals surface area contributed by atoms with Crippen LogP contribution in [-0.4, -0.2) is 24.0 Å². The molecule has 0 aromatic carbocycles. The van der Waals surface area contributed by atoms with E-state index in [9.17, 15) is 0 Å². The Balaban J connectivity index is 2.09. The lowest BCUT2D eigenvalue weighted by molar-refractivity contribution is 0.116. The van der Waals surface area contributed by atoms with Crippen LogP contribution in [0.3, 0.4) is 0 Å². The molecule has 1 fully saturated rings. The van der Waals surface area contributed by atoms with E-state index in [1.54, 1.807) is 6.26 Å². The van der Waals surface area contributed by atoms with Gasteiger partial charge in [0, 0.05) is 12.6 Å². The van der Waals surface area contributed by atoms with E-state index in [1.807, 2.05) is 6.07 Å². The second-order valence-corrected chi connectivity index (χ2v) is 6.13. The molecule has 0 aliphatic heterocycles. The van der Waals surface area contributed by atoms with Gasteiger partial charge < -0.3 is 10.2 Å². The Morgan fingerprint density at radius 2 is 2.11 bits per heavy atom. The van der Waals surface area contributed by atoms with E-state index < -0.39 is 0 Å². The summed E-state index contributed by atoms with van der Waals surface area (Å²) in [4.78, 5) is 2.60. The second-order valence-electron chi connectivity index (χ2n) is 6.13. The zero-order valence-electron chi connectivity index (χ0n) is 12.3. The van der Waals surface area contributed by atoms with Gasteiger partial charge in [0.05, 0.1) is 12.3 Å². The van der Waals surface area contributed by atoms with E-state index >= 15 is 0 Å². The van der Waals surface area contributed by atoms with Crippen molar-refractivity contribution in [1.82, 2.24) is 4.90 Å². The van der Waals surface area contributed by atoms with Crippen LogP contribution in [0.1, 0.15) is 57.8 Å². The van der Waals surface area contributed by atoms with Crippen molar-refractivity contribution in [2.45, 2.75) is 58.0 Å². The molecule has 1 aliphatic carbocycles. The molecule has 19 heavy (non-hydrogen) atoms. The fraction of sp³-hybridized carbons (Fsp3) is 0.750. The number of hydrogen-bond donors (Lipinski definition) is 1. The van der Waals surface area contributed by atoms with Crippen LogP contribution in [0.5, 0.6) is 0 Å². The van der Waals surface area contributed by atoms with E-state index in [-0.39, 0.29) is 6.04 Å². The lowest BCUT2D eigenvalue weighted by Gasteiger charge is -2.35. The highest BCUT2D eigenvalue weighted by Gasteiger charge is 2.30. The third-order valence-electron chi connectivity index (χ3n) is 4.25. The molecular formula is C16H28N2O. The van der Waals surface area contributed by atoms with Crippen LogP contribution in [0, 0.1) is 5.92 Å². The van der Waals surface area contributed by atoms with Gasteiger partial charge in [-0.15, -0.1) is 0 Å². The standard InChI is InChI=1S/C16H28N2O/c1-13(2)9-10-18(14-6-3-4-7-14)15(12-17)16-8-5-11-19-16/h5,8,11,13-15H,3-4,6-7,9-10,12,17H2,1-2H3. The van der Waals surface area contributed by atoms with Gasteiger partial charge in [0.15, 0.2) is 0 Å². The van der Waals surface area contributed by atoms with Crippen LogP contribution in [-0.2, 0) is 0 Å².